The zero-order chi connectivity index (χ0) is 10.5. The van der Waals surface area contributed by atoms with E-state index in [1.807, 2.05) is 0 Å². The number of hydrogen-bond donors (Lipinski definition) is 0. The lowest BCUT2D eigenvalue weighted by atomic mass is 9.96. The third-order valence-corrected chi connectivity index (χ3v) is 5.01. The molecule has 2 atom stereocenters. The molecule has 1 saturated carbocycles. The molecule has 2 aliphatic rings. The molecule has 2 rings (SSSR count). The van der Waals surface area contributed by atoms with E-state index in [1.165, 1.54) is 56.3 Å². The average molecular weight is 226 g/mol. The van der Waals surface area contributed by atoms with Gasteiger partial charge >= 0.3 is 0 Å². The summed E-state index contributed by atoms with van der Waals surface area (Å²) in [4.78, 5) is 0. The first-order valence-electron chi connectivity index (χ1n) is 6.31. The Morgan fingerprint density at radius 1 is 1.27 bits per heavy atom. The van der Waals surface area contributed by atoms with Crippen LogP contribution in [0.4, 0.5) is 0 Å². The van der Waals surface area contributed by atoms with Crippen LogP contribution in [-0.4, -0.2) is 17.1 Å². The molecule has 15 heavy (non-hydrogen) atoms. The van der Waals surface area contributed by atoms with Crippen molar-refractivity contribution in [2.45, 2.75) is 63.2 Å². The molecule has 0 spiro atoms. The molecule has 0 aromatic heterocycles. The van der Waals surface area contributed by atoms with Gasteiger partial charge in [0.05, 0.1) is 6.26 Å². The second-order valence-corrected chi connectivity index (χ2v) is 6.08. The lowest BCUT2D eigenvalue weighted by Gasteiger charge is -2.20. The summed E-state index contributed by atoms with van der Waals surface area (Å²) in [5.74, 6) is 1.33. The van der Waals surface area contributed by atoms with E-state index >= 15 is 0 Å². The van der Waals surface area contributed by atoms with Gasteiger partial charge in [-0.05, 0) is 56.8 Å². The Morgan fingerprint density at radius 2 is 2.07 bits per heavy atom. The van der Waals surface area contributed by atoms with Gasteiger partial charge in [0.1, 0.15) is 6.10 Å². The van der Waals surface area contributed by atoms with Crippen LogP contribution in [0.1, 0.15) is 51.9 Å². The predicted octanol–water partition coefficient (Wildman–Crippen LogP) is 4.14. The van der Waals surface area contributed by atoms with Crippen LogP contribution in [0, 0.1) is 0 Å². The van der Waals surface area contributed by atoms with Crippen molar-refractivity contribution in [1.82, 2.24) is 0 Å². The Balaban J connectivity index is 1.75. The Labute approximate surface area is 97.7 Å². The van der Waals surface area contributed by atoms with Crippen molar-refractivity contribution in [3.05, 3.63) is 11.8 Å². The smallest absolute Gasteiger partial charge is 0.107 e. The first-order valence-corrected chi connectivity index (χ1v) is 7.36. The monoisotopic (exact) mass is 226 g/mol. The molecule has 1 heterocycles. The van der Waals surface area contributed by atoms with Crippen LogP contribution in [0.2, 0.25) is 0 Å². The van der Waals surface area contributed by atoms with Gasteiger partial charge in [-0.15, -0.1) is 0 Å². The van der Waals surface area contributed by atoms with Gasteiger partial charge in [0.15, 0.2) is 0 Å². The summed E-state index contributed by atoms with van der Waals surface area (Å²) in [5.41, 5.74) is 1.54. The van der Waals surface area contributed by atoms with E-state index in [-0.39, 0.29) is 0 Å². The molecule has 1 aliphatic heterocycles. The highest BCUT2D eigenvalue weighted by molar-refractivity contribution is 8.00. The molecule has 86 valence electrons. The first kappa shape index (κ1) is 11.4. The van der Waals surface area contributed by atoms with Gasteiger partial charge < -0.3 is 4.74 Å². The lowest BCUT2D eigenvalue weighted by molar-refractivity contribution is 0.154. The average Bonchev–Trinajstić information content (AvgIpc) is 2.81. The van der Waals surface area contributed by atoms with E-state index in [2.05, 4.69) is 24.9 Å². The predicted molar refractivity (Wildman–Crippen MR) is 67.2 cm³/mol. The Morgan fingerprint density at radius 3 is 2.73 bits per heavy atom. The van der Waals surface area contributed by atoms with Gasteiger partial charge in [-0.1, -0.05) is 6.42 Å². The molecule has 1 saturated heterocycles. The largest absolute Gasteiger partial charge is 0.497 e. The number of rotatable bonds is 3. The normalized spacial score (nSPS) is 28.9. The van der Waals surface area contributed by atoms with Crippen LogP contribution in [0.25, 0.3) is 0 Å². The summed E-state index contributed by atoms with van der Waals surface area (Å²) in [6.07, 6.45) is 11.9. The molecule has 0 aromatic carbocycles. The second-order valence-electron chi connectivity index (χ2n) is 4.73. The summed E-state index contributed by atoms with van der Waals surface area (Å²) in [6, 6.07) is 0. The third-order valence-electron chi connectivity index (χ3n) is 3.43. The van der Waals surface area contributed by atoms with Crippen molar-refractivity contribution < 1.29 is 4.74 Å². The van der Waals surface area contributed by atoms with E-state index in [0.29, 0.717) is 6.10 Å². The standard InChI is InChI=1S/C13H22OS/c1-11(13-8-5-9-15-13)14-10-12-6-3-2-4-7-12/h10-11,13H,2-9H2,1H3. The summed E-state index contributed by atoms with van der Waals surface area (Å²) >= 11 is 2.08. The molecule has 0 N–H and O–H groups in total. The van der Waals surface area contributed by atoms with Crippen molar-refractivity contribution in [3.63, 3.8) is 0 Å². The molecule has 2 unspecified atom stereocenters. The van der Waals surface area contributed by atoms with Gasteiger partial charge in [-0.3, -0.25) is 0 Å². The van der Waals surface area contributed by atoms with Crippen LogP contribution in [-0.2, 0) is 4.74 Å². The maximum Gasteiger partial charge on any atom is 0.107 e. The van der Waals surface area contributed by atoms with E-state index in [4.69, 9.17) is 4.74 Å². The first-order chi connectivity index (χ1) is 7.36. The zero-order valence-electron chi connectivity index (χ0n) is 9.71. The Hall–Kier alpha value is -0.110. The maximum atomic E-state index is 5.88. The van der Waals surface area contributed by atoms with E-state index in [1.54, 1.807) is 0 Å². The minimum Gasteiger partial charge on any atom is -0.497 e. The summed E-state index contributed by atoms with van der Waals surface area (Å²) < 4.78 is 5.88. The maximum absolute atomic E-state index is 5.88. The lowest BCUT2D eigenvalue weighted by Crippen LogP contribution is -2.18. The fraction of sp³-hybridized carbons (Fsp3) is 0.846. The van der Waals surface area contributed by atoms with Gasteiger partial charge in [0.2, 0.25) is 0 Å². The number of hydrogen-bond acceptors (Lipinski definition) is 2. The molecule has 0 bridgehead atoms. The van der Waals surface area contributed by atoms with E-state index < -0.39 is 0 Å². The summed E-state index contributed by atoms with van der Waals surface area (Å²) in [5, 5.41) is 0.741. The van der Waals surface area contributed by atoms with Gasteiger partial charge in [0.25, 0.3) is 0 Å². The number of thioether (sulfide) groups is 1. The highest BCUT2D eigenvalue weighted by Gasteiger charge is 2.22. The van der Waals surface area contributed by atoms with Crippen molar-refractivity contribution in [3.8, 4) is 0 Å². The van der Waals surface area contributed by atoms with Crippen molar-refractivity contribution >= 4 is 11.8 Å². The SMILES string of the molecule is CC(OC=C1CCCCC1)C1CCCS1. The topological polar surface area (TPSA) is 9.23 Å². The quantitative estimate of drug-likeness (QED) is 0.669. The molecule has 0 radical (unpaired) electrons. The second kappa shape index (κ2) is 5.83. The van der Waals surface area contributed by atoms with Crippen LogP contribution in [0.5, 0.6) is 0 Å². The highest BCUT2D eigenvalue weighted by atomic mass is 32.2. The third kappa shape index (κ3) is 3.44. The minimum atomic E-state index is 0.409. The van der Waals surface area contributed by atoms with Crippen molar-refractivity contribution in [2.24, 2.45) is 0 Å². The fourth-order valence-electron chi connectivity index (χ4n) is 2.39. The van der Waals surface area contributed by atoms with Gasteiger partial charge in [0, 0.05) is 5.25 Å². The molecular weight excluding hydrogens is 204 g/mol. The Bertz CT molecular complexity index is 211. The van der Waals surface area contributed by atoms with Crippen LogP contribution >= 0.6 is 11.8 Å². The number of ether oxygens (including phenoxy) is 1. The van der Waals surface area contributed by atoms with Crippen LogP contribution < -0.4 is 0 Å². The molecule has 1 nitrogen and oxygen atoms in total. The van der Waals surface area contributed by atoms with Crippen molar-refractivity contribution in [1.29, 1.82) is 0 Å². The zero-order valence-corrected chi connectivity index (χ0v) is 10.5. The van der Waals surface area contributed by atoms with Gasteiger partial charge in [-0.2, -0.15) is 11.8 Å². The van der Waals surface area contributed by atoms with E-state index in [9.17, 15) is 0 Å². The molecule has 2 heteroatoms. The molecule has 0 amide bonds. The fourth-order valence-corrected chi connectivity index (χ4v) is 3.69. The molecule has 2 fully saturated rings. The summed E-state index contributed by atoms with van der Waals surface area (Å²) in [6.45, 7) is 2.23. The van der Waals surface area contributed by atoms with Crippen LogP contribution in [0.3, 0.4) is 0 Å². The summed E-state index contributed by atoms with van der Waals surface area (Å²) in [7, 11) is 0. The van der Waals surface area contributed by atoms with Crippen LogP contribution in [0.15, 0.2) is 11.8 Å². The van der Waals surface area contributed by atoms with E-state index in [0.717, 1.165) is 5.25 Å². The highest BCUT2D eigenvalue weighted by Crippen LogP contribution is 2.30. The minimum absolute atomic E-state index is 0.409. The number of allylic oxidation sites excluding steroid dienone is 1. The molecule has 1 aliphatic carbocycles. The van der Waals surface area contributed by atoms with Gasteiger partial charge in [-0.25, -0.2) is 0 Å². The Kier molecular flexibility index (Phi) is 4.42. The van der Waals surface area contributed by atoms with Crippen molar-refractivity contribution in [2.75, 3.05) is 5.75 Å². The molecule has 0 aromatic rings. The molecular formula is C13H22OS.